The lowest BCUT2D eigenvalue weighted by molar-refractivity contribution is -0.164. The molecule has 0 aliphatic rings. The van der Waals surface area contributed by atoms with Gasteiger partial charge in [0.1, 0.15) is 11.3 Å². The second-order valence-electron chi connectivity index (χ2n) is 5.46. The van der Waals surface area contributed by atoms with Crippen LogP contribution in [-0.4, -0.2) is 68.8 Å². The maximum atomic E-state index is 11.9. The normalized spacial score (nSPS) is 12.4. The minimum atomic E-state index is -1.46. The number of nitrogens with one attached hydrogen (secondary N) is 3. The Hall–Kier alpha value is -2.63. The van der Waals surface area contributed by atoms with Crippen molar-refractivity contribution in [1.29, 1.82) is 0 Å². The molecule has 0 radical (unpaired) electrons. The number of carboxylic acid groups (broad SMARTS) is 1. The van der Waals surface area contributed by atoms with E-state index in [-0.39, 0.29) is 6.61 Å². The molecule has 0 bridgehead atoms. The Morgan fingerprint density at radius 3 is 2.73 bits per heavy atom. The van der Waals surface area contributed by atoms with Gasteiger partial charge in [-0.3, -0.25) is 0 Å². The summed E-state index contributed by atoms with van der Waals surface area (Å²) in [4.78, 5) is 38.8. The summed E-state index contributed by atoms with van der Waals surface area (Å²) in [5, 5.41) is 10.2. The number of aryl methyl sites for hydroxylation is 1. The summed E-state index contributed by atoms with van der Waals surface area (Å²) in [6.45, 7) is 0.156. The molecule has 0 fully saturated rings. The number of H-pyrrole nitrogens is 1. The molecule has 2 heterocycles. The highest BCUT2D eigenvalue weighted by Gasteiger charge is 2.33. The molecular weight excluding hydrogens is 342 g/mol. The van der Waals surface area contributed by atoms with E-state index in [0.29, 0.717) is 24.3 Å². The largest absolute Gasteiger partial charge is 0.480 e. The molecule has 0 aliphatic heterocycles. The molecule has 2 aromatic heterocycles. The SMILES string of the molecule is CNN(NC)C(C(=O)O)C(=O)OCCCCCc1ncc2[nH]cnc2n1. The van der Waals surface area contributed by atoms with E-state index in [0.717, 1.165) is 23.5 Å². The summed E-state index contributed by atoms with van der Waals surface area (Å²) in [5.41, 5.74) is 6.58. The summed E-state index contributed by atoms with van der Waals surface area (Å²) in [5.74, 6) is -1.41. The minimum absolute atomic E-state index is 0.156. The van der Waals surface area contributed by atoms with Crippen molar-refractivity contribution < 1.29 is 19.4 Å². The van der Waals surface area contributed by atoms with E-state index < -0.39 is 18.0 Å². The molecule has 0 spiro atoms. The van der Waals surface area contributed by atoms with Crippen molar-refractivity contribution in [3.63, 3.8) is 0 Å². The Morgan fingerprint density at radius 2 is 2.04 bits per heavy atom. The monoisotopic (exact) mass is 365 g/mol. The molecule has 0 saturated heterocycles. The average molecular weight is 365 g/mol. The third-order valence-corrected chi connectivity index (χ3v) is 3.71. The molecule has 4 N–H and O–H groups in total. The van der Waals surface area contributed by atoms with Gasteiger partial charge in [0.05, 0.1) is 19.1 Å². The lowest BCUT2D eigenvalue weighted by Gasteiger charge is -2.24. The van der Waals surface area contributed by atoms with Gasteiger partial charge in [0, 0.05) is 20.5 Å². The van der Waals surface area contributed by atoms with Crippen LogP contribution in [0.1, 0.15) is 25.1 Å². The highest BCUT2D eigenvalue weighted by atomic mass is 16.5. The first kappa shape index (κ1) is 19.7. The highest BCUT2D eigenvalue weighted by Crippen LogP contribution is 2.08. The Balaban J connectivity index is 1.69. The number of rotatable bonds is 11. The van der Waals surface area contributed by atoms with Crippen LogP contribution >= 0.6 is 0 Å². The van der Waals surface area contributed by atoms with Crippen LogP contribution < -0.4 is 10.9 Å². The highest BCUT2D eigenvalue weighted by molar-refractivity contribution is 5.98. The molecule has 11 nitrogen and oxygen atoms in total. The van der Waals surface area contributed by atoms with Crippen LogP contribution in [0.3, 0.4) is 0 Å². The Labute approximate surface area is 150 Å². The van der Waals surface area contributed by atoms with Crippen molar-refractivity contribution in [3.8, 4) is 0 Å². The zero-order valence-electron chi connectivity index (χ0n) is 14.7. The van der Waals surface area contributed by atoms with E-state index in [4.69, 9.17) is 9.84 Å². The average Bonchev–Trinajstić information content (AvgIpc) is 3.09. The fourth-order valence-corrected chi connectivity index (χ4v) is 2.39. The van der Waals surface area contributed by atoms with Gasteiger partial charge in [-0.05, 0) is 19.3 Å². The summed E-state index contributed by atoms with van der Waals surface area (Å²) >= 11 is 0. The van der Waals surface area contributed by atoms with E-state index >= 15 is 0 Å². The molecule has 0 amide bonds. The molecule has 0 saturated carbocycles. The number of carboxylic acids is 1. The molecule has 1 atom stereocenters. The number of esters is 1. The molecule has 0 aromatic carbocycles. The summed E-state index contributed by atoms with van der Waals surface area (Å²) in [6.07, 6.45) is 6.23. The van der Waals surface area contributed by atoms with Gasteiger partial charge in [0.2, 0.25) is 6.04 Å². The smallest absolute Gasteiger partial charge is 0.338 e. The predicted octanol–water partition coefficient (Wildman–Crippen LogP) is -0.367. The zero-order chi connectivity index (χ0) is 18.9. The minimum Gasteiger partial charge on any atom is -0.480 e. The first-order valence-electron chi connectivity index (χ1n) is 8.25. The molecule has 142 valence electrons. The van der Waals surface area contributed by atoms with Crippen LogP contribution in [0.2, 0.25) is 0 Å². The molecule has 0 aliphatic carbocycles. The van der Waals surface area contributed by atoms with Crippen molar-refractivity contribution in [2.75, 3.05) is 20.7 Å². The lowest BCUT2D eigenvalue weighted by Crippen LogP contribution is -2.58. The van der Waals surface area contributed by atoms with Gasteiger partial charge in [-0.15, -0.1) is 0 Å². The van der Waals surface area contributed by atoms with Crippen LogP contribution in [-0.2, 0) is 20.7 Å². The lowest BCUT2D eigenvalue weighted by atomic mass is 10.2. The van der Waals surface area contributed by atoms with Crippen LogP contribution in [0.5, 0.6) is 0 Å². The number of carbonyl (C=O) groups excluding carboxylic acids is 1. The number of imidazole rings is 1. The number of hydrogen-bond acceptors (Lipinski definition) is 9. The molecule has 11 heteroatoms. The number of carbonyl (C=O) groups is 2. The second-order valence-corrected chi connectivity index (χ2v) is 5.46. The maximum absolute atomic E-state index is 11.9. The Bertz CT molecular complexity index is 732. The van der Waals surface area contributed by atoms with Crippen molar-refractivity contribution in [3.05, 3.63) is 18.3 Å². The first-order chi connectivity index (χ1) is 12.6. The summed E-state index contributed by atoms with van der Waals surface area (Å²) in [7, 11) is 3.00. The summed E-state index contributed by atoms with van der Waals surface area (Å²) < 4.78 is 5.06. The quantitative estimate of drug-likeness (QED) is 0.180. The summed E-state index contributed by atoms with van der Waals surface area (Å²) in [6, 6.07) is -1.46. The molecule has 1 unspecified atom stereocenters. The van der Waals surface area contributed by atoms with Gasteiger partial charge in [0.15, 0.2) is 5.65 Å². The van der Waals surface area contributed by atoms with Crippen LogP contribution in [0, 0.1) is 0 Å². The first-order valence-corrected chi connectivity index (χ1v) is 8.25. The van der Waals surface area contributed by atoms with Crippen LogP contribution in [0.25, 0.3) is 11.2 Å². The number of hydrazine groups is 2. The number of aromatic nitrogens is 4. The van der Waals surface area contributed by atoms with Crippen molar-refractivity contribution in [2.45, 2.75) is 31.7 Å². The fraction of sp³-hybridized carbons (Fsp3) is 0.533. The Kier molecular flexibility index (Phi) is 7.38. The van der Waals surface area contributed by atoms with Gasteiger partial charge in [-0.25, -0.2) is 35.4 Å². The molecule has 26 heavy (non-hydrogen) atoms. The van der Waals surface area contributed by atoms with E-state index in [9.17, 15) is 9.59 Å². The van der Waals surface area contributed by atoms with E-state index in [2.05, 4.69) is 30.8 Å². The van der Waals surface area contributed by atoms with E-state index in [1.54, 1.807) is 12.5 Å². The number of aliphatic carboxylic acids is 1. The van der Waals surface area contributed by atoms with Gasteiger partial charge in [-0.2, -0.15) is 5.12 Å². The molecule has 2 rings (SSSR count). The maximum Gasteiger partial charge on any atom is 0.338 e. The van der Waals surface area contributed by atoms with Gasteiger partial charge >= 0.3 is 11.9 Å². The third kappa shape index (κ3) is 5.18. The van der Waals surface area contributed by atoms with Crippen molar-refractivity contribution in [1.82, 2.24) is 35.9 Å². The molecular formula is C15H23N7O4. The molecule has 2 aromatic rings. The van der Waals surface area contributed by atoms with Crippen LogP contribution in [0.15, 0.2) is 12.5 Å². The number of hydrogen-bond donors (Lipinski definition) is 4. The number of nitrogens with zero attached hydrogens (tertiary/aromatic N) is 4. The third-order valence-electron chi connectivity index (χ3n) is 3.71. The topological polar surface area (TPSA) is 145 Å². The van der Waals surface area contributed by atoms with Gasteiger partial charge in [0.25, 0.3) is 0 Å². The van der Waals surface area contributed by atoms with E-state index in [1.807, 2.05) is 0 Å². The van der Waals surface area contributed by atoms with E-state index in [1.165, 1.54) is 14.1 Å². The number of aromatic amines is 1. The van der Waals surface area contributed by atoms with Gasteiger partial charge < -0.3 is 14.8 Å². The fourth-order valence-electron chi connectivity index (χ4n) is 2.39. The van der Waals surface area contributed by atoms with Crippen molar-refractivity contribution in [2.24, 2.45) is 0 Å². The van der Waals surface area contributed by atoms with Gasteiger partial charge in [-0.1, -0.05) is 0 Å². The van der Waals surface area contributed by atoms with Crippen LogP contribution in [0.4, 0.5) is 0 Å². The zero-order valence-corrected chi connectivity index (χ0v) is 14.7. The number of ether oxygens (including phenoxy) is 1. The number of unbranched alkanes of at least 4 members (excludes halogenated alkanes) is 2. The predicted molar refractivity (Wildman–Crippen MR) is 91.6 cm³/mol. The number of fused-ring (bicyclic) bond motifs is 1. The second kappa shape index (κ2) is 9.75. The Morgan fingerprint density at radius 1 is 1.27 bits per heavy atom. The van der Waals surface area contributed by atoms with Crippen molar-refractivity contribution >= 4 is 23.1 Å². The standard InChI is InChI=1S/C15H23N7O4/c1-16-22(17-2)12(14(23)24)15(25)26-7-5-3-4-6-11-18-8-10-13(21-11)20-9-19-10/h8-9,12,16-17H,3-7H2,1-2H3,(H,23,24)(H,18,19,20,21).